The largest absolute Gasteiger partial charge is 0.466 e. The fourth-order valence-electron chi connectivity index (χ4n) is 2.39. The lowest BCUT2D eigenvalue weighted by Gasteiger charge is -2.13. The quantitative estimate of drug-likeness (QED) is 0.675. The van der Waals surface area contributed by atoms with Crippen molar-refractivity contribution < 1.29 is 19.1 Å². The minimum absolute atomic E-state index is 0.00227. The highest BCUT2D eigenvalue weighted by Crippen LogP contribution is 2.20. The molecule has 0 saturated heterocycles. The summed E-state index contributed by atoms with van der Waals surface area (Å²) in [6, 6.07) is 11.6. The van der Waals surface area contributed by atoms with Gasteiger partial charge in [-0.2, -0.15) is 0 Å². The summed E-state index contributed by atoms with van der Waals surface area (Å²) in [4.78, 5) is 23.2. The molecule has 0 amide bonds. The summed E-state index contributed by atoms with van der Waals surface area (Å²) in [5, 5.41) is 2.91. The van der Waals surface area contributed by atoms with Crippen LogP contribution in [0.1, 0.15) is 11.4 Å². The van der Waals surface area contributed by atoms with Crippen molar-refractivity contribution >= 4 is 17.6 Å². The highest BCUT2D eigenvalue weighted by atomic mass is 16.5. The van der Waals surface area contributed by atoms with Crippen molar-refractivity contribution in [2.75, 3.05) is 19.5 Å². The molecular formula is C18H20N2O4. The predicted octanol–water partition coefficient (Wildman–Crippen LogP) is 2.74. The molecule has 2 aromatic rings. The maximum atomic E-state index is 11.8. The summed E-state index contributed by atoms with van der Waals surface area (Å²) in [6.07, 6.45) is 1.06. The van der Waals surface area contributed by atoms with Crippen molar-refractivity contribution in [1.29, 1.82) is 0 Å². The molecule has 0 aliphatic carbocycles. The second kappa shape index (κ2) is 7.50. The first kappa shape index (κ1) is 17.3. The molecule has 0 bridgehead atoms. The average Bonchev–Trinajstić information content (AvgIpc) is 2.92. The van der Waals surface area contributed by atoms with E-state index in [1.165, 1.54) is 14.2 Å². The monoisotopic (exact) mass is 328 g/mol. The van der Waals surface area contributed by atoms with E-state index >= 15 is 0 Å². The average molecular weight is 328 g/mol. The van der Waals surface area contributed by atoms with Gasteiger partial charge in [0.25, 0.3) is 0 Å². The van der Waals surface area contributed by atoms with Gasteiger partial charge < -0.3 is 19.4 Å². The number of methoxy groups -OCH3 is 2. The summed E-state index contributed by atoms with van der Waals surface area (Å²) in [5.74, 6) is -1.30. The number of nitrogens with one attached hydrogen (secondary N) is 1. The third-order valence-electron chi connectivity index (χ3n) is 3.52. The molecule has 0 atom stereocenters. The molecule has 0 aliphatic rings. The van der Waals surface area contributed by atoms with E-state index in [9.17, 15) is 9.59 Å². The van der Waals surface area contributed by atoms with Gasteiger partial charge in [0.2, 0.25) is 0 Å². The van der Waals surface area contributed by atoms with Gasteiger partial charge >= 0.3 is 11.9 Å². The highest BCUT2D eigenvalue weighted by molar-refractivity contribution is 5.98. The number of carbonyl (C=O) groups is 2. The second-order valence-corrected chi connectivity index (χ2v) is 5.20. The lowest BCUT2D eigenvalue weighted by Crippen LogP contribution is -2.15. The zero-order valence-corrected chi connectivity index (χ0v) is 14.1. The maximum absolute atomic E-state index is 11.8. The Labute approximate surface area is 140 Å². The smallest absolute Gasteiger partial charge is 0.354 e. The number of esters is 2. The Kier molecular flexibility index (Phi) is 5.42. The summed E-state index contributed by atoms with van der Waals surface area (Å²) < 4.78 is 11.3. The Hall–Kier alpha value is -3.02. The Morgan fingerprint density at radius 1 is 1.04 bits per heavy atom. The van der Waals surface area contributed by atoms with E-state index in [-0.39, 0.29) is 5.70 Å². The summed E-state index contributed by atoms with van der Waals surface area (Å²) >= 11 is 0. The fourth-order valence-corrected chi connectivity index (χ4v) is 2.39. The van der Waals surface area contributed by atoms with Crippen LogP contribution < -0.4 is 5.32 Å². The first-order chi connectivity index (χ1) is 11.5. The normalized spacial score (nSPS) is 11.1. The second-order valence-electron chi connectivity index (χ2n) is 5.20. The lowest BCUT2D eigenvalue weighted by molar-refractivity contribution is -0.138. The Balaban J connectivity index is 2.35. The number of hydrogen-bond donors (Lipinski definition) is 1. The van der Waals surface area contributed by atoms with Crippen LogP contribution in [0.3, 0.4) is 0 Å². The van der Waals surface area contributed by atoms with Crippen LogP contribution in [0.25, 0.3) is 5.69 Å². The van der Waals surface area contributed by atoms with Crippen molar-refractivity contribution in [3.63, 3.8) is 0 Å². The van der Waals surface area contributed by atoms with Crippen molar-refractivity contribution in [1.82, 2.24) is 4.57 Å². The number of ether oxygens (including phenoxy) is 2. The number of hydrogen-bond acceptors (Lipinski definition) is 5. The van der Waals surface area contributed by atoms with E-state index in [2.05, 4.69) is 19.4 Å². The van der Waals surface area contributed by atoms with E-state index in [4.69, 9.17) is 0 Å². The molecule has 0 unspecified atom stereocenters. The molecule has 0 fully saturated rings. The lowest BCUT2D eigenvalue weighted by atomic mass is 10.2. The topological polar surface area (TPSA) is 69.6 Å². The van der Waals surface area contributed by atoms with E-state index in [1.54, 1.807) is 6.07 Å². The van der Waals surface area contributed by atoms with Gasteiger partial charge in [0.05, 0.1) is 20.3 Å². The molecule has 0 spiro atoms. The fraction of sp³-hybridized carbons (Fsp3) is 0.222. The van der Waals surface area contributed by atoms with Gasteiger partial charge in [0.1, 0.15) is 5.70 Å². The summed E-state index contributed by atoms with van der Waals surface area (Å²) in [5.41, 5.74) is 3.80. The van der Waals surface area contributed by atoms with E-state index < -0.39 is 11.9 Å². The van der Waals surface area contributed by atoms with E-state index in [0.29, 0.717) is 5.69 Å². The highest BCUT2D eigenvalue weighted by Gasteiger charge is 2.13. The molecular weight excluding hydrogens is 308 g/mol. The van der Waals surface area contributed by atoms with Crippen LogP contribution in [0.2, 0.25) is 0 Å². The molecule has 0 aliphatic heterocycles. The molecule has 6 nitrogen and oxygen atoms in total. The van der Waals surface area contributed by atoms with Crippen molar-refractivity contribution in [2.24, 2.45) is 0 Å². The van der Waals surface area contributed by atoms with Crippen LogP contribution in [0.5, 0.6) is 0 Å². The molecule has 1 heterocycles. The van der Waals surface area contributed by atoms with Crippen LogP contribution in [0, 0.1) is 13.8 Å². The minimum Gasteiger partial charge on any atom is -0.466 e. The third kappa shape index (κ3) is 3.84. The van der Waals surface area contributed by atoms with Crippen LogP contribution >= 0.6 is 0 Å². The predicted molar refractivity (Wildman–Crippen MR) is 91.0 cm³/mol. The van der Waals surface area contributed by atoms with Crippen LogP contribution in [-0.2, 0) is 19.1 Å². The number of aromatic nitrogens is 1. The number of nitrogens with zero attached hydrogens (tertiary/aromatic N) is 1. The molecule has 1 aromatic heterocycles. The molecule has 2 rings (SSSR count). The SMILES string of the molecule is COC(=O)/C=C(/Nc1cccc(-n2c(C)ccc2C)c1)C(=O)OC. The van der Waals surface area contributed by atoms with Crippen LogP contribution in [-0.4, -0.2) is 30.7 Å². The van der Waals surface area contributed by atoms with Crippen LogP contribution in [0.4, 0.5) is 5.69 Å². The summed E-state index contributed by atoms with van der Waals surface area (Å²) in [7, 11) is 2.49. The Morgan fingerprint density at radius 3 is 2.29 bits per heavy atom. The number of carbonyl (C=O) groups excluding carboxylic acids is 2. The molecule has 0 saturated carbocycles. The van der Waals surface area contributed by atoms with Gasteiger partial charge in [-0.25, -0.2) is 9.59 Å². The number of benzene rings is 1. The van der Waals surface area contributed by atoms with Gasteiger partial charge in [-0.3, -0.25) is 0 Å². The van der Waals surface area contributed by atoms with E-state index in [0.717, 1.165) is 23.2 Å². The van der Waals surface area contributed by atoms with Gasteiger partial charge in [-0.15, -0.1) is 0 Å². The van der Waals surface area contributed by atoms with Crippen molar-refractivity contribution in [3.8, 4) is 5.69 Å². The van der Waals surface area contributed by atoms with Gasteiger partial charge in [0.15, 0.2) is 0 Å². The summed E-state index contributed by atoms with van der Waals surface area (Å²) in [6.45, 7) is 4.04. The van der Waals surface area contributed by atoms with Crippen molar-refractivity contribution in [2.45, 2.75) is 13.8 Å². The molecule has 24 heavy (non-hydrogen) atoms. The Morgan fingerprint density at radius 2 is 1.71 bits per heavy atom. The van der Waals surface area contributed by atoms with Crippen LogP contribution in [0.15, 0.2) is 48.2 Å². The minimum atomic E-state index is -0.654. The Bertz CT molecular complexity index is 771. The first-order valence-electron chi connectivity index (χ1n) is 7.36. The molecule has 126 valence electrons. The third-order valence-corrected chi connectivity index (χ3v) is 3.52. The first-order valence-corrected chi connectivity index (χ1v) is 7.36. The van der Waals surface area contributed by atoms with Gasteiger partial charge in [-0.05, 0) is 44.2 Å². The van der Waals surface area contributed by atoms with E-state index in [1.807, 2.05) is 44.2 Å². The number of anilines is 1. The molecule has 0 radical (unpaired) electrons. The van der Waals surface area contributed by atoms with Crippen molar-refractivity contribution in [3.05, 3.63) is 59.6 Å². The standard InChI is InChI=1S/C18H20N2O4/c1-12-8-9-13(2)20(12)15-7-5-6-14(10-15)19-16(18(22)24-4)11-17(21)23-3/h5-11,19H,1-4H3/b16-11+. The molecule has 1 N–H and O–H groups in total. The zero-order valence-electron chi connectivity index (χ0n) is 14.1. The maximum Gasteiger partial charge on any atom is 0.354 e. The molecule has 1 aromatic carbocycles. The zero-order chi connectivity index (χ0) is 17.7. The molecule has 6 heteroatoms. The van der Waals surface area contributed by atoms with Gasteiger partial charge in [-0.1, -0.05) is 6.07 Å². The number of rotatable bonds is 5. The van der Waals surface area contributed by atoms with Gasteiger partial charge in [0, 0.05) is 22.8 Å². The number of aryl methyl sites for hydroxylation is 2.